The second kappa shape index (κ2) is 5.31. The Bertz CT molecular complexity index is 559. The molecular formula is C13H19ClN2O2S. The lowest BCUT2D eigenvalue weighted by atomic mass is 10.1. The molecule has 19 heavy (non-hydrogen) atoms. The van der Waals surface area contributed by atoms with E-state index in [2.05, 4.69) is 11.6 Å². The van der Waals surface area contributed by atoms with E-state index in [9.17, 15) is 8.42 Å². The number of nitrogen functional groups attached to an aromatic ring is 1. The Labute approximate surface area is 119 Å². The van der Waals surface area contributed by atoms with Crippen LogP contribution in [0.5, 0.6) is 0 Å². The van der Waals surface area contributed by atoms with Crippen LogP contribution in [0.15, 0.2) is 17.0 Å². The van der Waals surface area contributed by atoms with Crippen LogP contribution in [0.4, 0.5) is 5.69 Å². The second-order valence-electron chi connectivity index (χ2n) is 5.29. The molecule has 3 N–H and O–H groups in total. The zero-order valence-electron chi connectivity index (χ0n) is 11.1. The average molecular weight is 303 g/mol. The molecule has 0 amide bonds. The quantitative estimate of drug-likeness (QED) is 0.821. The first-order valence-electron chi connectivity index (χ1n) is 6.36. The molecule has 0 spiro atoms. The molecule has 4 nitrogen and oxygen atoms in total. The predicted molar refractivity (Wildman–Crippen MR) is 77.7 cm³/mol. The molecule has 0 bridgehead atoms. The van der Waals surface area contributed by atoms with Crippen molar-refractivity contribution in [1.82, 2.24) is 4.72 Å². The number of nitrogens with two attached hydrogens (primary N) is 1. The van der Waals surface area contributed by atoms with E-state index in [1.54, 1.807) is 6.92 Å². The van der Waals surface area contributed by atoms with Crippen molar-refractivity contribution < 1.29 is 8.42 Å². The van der Waals surface area contributed by atoms with Gasteiger partial charge in [0.15, 0.2) is 0 Å². The van der Waals surface area contributed by atoms with Crippen molar-refractivity contribution in [2.45, 2.75) is 31.6 Å². The van der Waals surface area contributed by atoms with Gasteiger partial charge in [0.05, 0.1) is 4.90 Å². The van der Waals surface area contributed by atoms with Gasteiger partial charge in [0.1, 0.15) is 0 Å². The van der Waals surface area contributed by atoms with Gasteiger partial charge >= 0.3 is 0 Å². The fourth-order valence-corrected chi connectivity index (χ4v) is 3.48. The molecule has 1 unspecified atom stereocenters. The number of benzene rings is 1. The summed E-state index contributed by atoms with van der Waals surface area (Å²) in [6, 6.07) is 2.89. The second-order valence-corrected chi connectivity index (χ2v) is 7.46. The topological polar surface area (TPSA) is 72.2 Å². The van der Waals surface area contributed by atoms with Crippen LogP contribution < -0.4 is 10.5 Å². The summed E-state index contributed by atoms with van der Waals surface area (Å²) in [5, 5.41) is 0.371. The highest BCUT2D eigenvalue weighted by atomic mass is 35.5. The van der Waals surface area contributed by atoms with Crippen molar-refractivity contribution in [3.05, 3.63) is 22.7 Å². The molecule has 106 valence electrons. The normalized spacial score (nSPS) is 17.4. The zero-order valence-corrected chi connectivity index (χ0v) is 12.7. The first-order valence-corrected chi connectivity index (χ1v) is 8.22. The van der Waals surface area contributed by atoms with E-state index in [4.69, 9.17) is 17.3 Å². The minimum atomic E-state index is -3.54. The number of nitrogens with one attached hydrogen (secondary N) is 1. The molecule has 1 aromatic carbocycles. The van der Waals surface area contributed by atoms with Gasteiger partial charge in [-0.25, -0.2) is 13.1 Å². The maximum Gasteiger partial charge on any atom is 0.240 e. The summed E-state index contributed by atoms with van der Waals surface area (Å²) in [6.07, 6.45) is 2.40. The first kappa shape index (κ1) is 14.6. The largest absolute Gasteiger partial charge is 0.398 e. The number of rotatable bonds is 5. The van der Waals surface area contributed by atoms with E-state index < -0.39 is 10.0 Å². The number of hydrogen-bond acceptors (Lipinski definition) is 3. The molecule has 0 saturated heterocycles. The summed E-state index contributed by atoms with van der Waals surface area (Å²) in [5.74, 6) is 1.03. The third-order valence-electron chi connectivity index (χ3n) is 3.69. The van der Waals surface area contributed by atoms with Crippen LogP contribution in [0.25, 0.3) is 0 Å². The van der Waals surface area contributed by atoms with Crippen molar-refractivity contribution in [2.75, 3.05) is 12.3 Å². The molecule has 6 heteroatoms. The summed E-state index contributed by atoms with van der Waals surface area (Å²) in [6.45, 7) is 4.28. The maximum absolute atomic E-state index is 12.2. The standard InChI is InChI=1S/C13H19ClN2O2S/c1-8(10-3-4-10)7-16-19(17,18)11-5-12(14)9(2)13(15)6-11/h5-6,8,10,16H,3-4,7,15H2,1-2H3. The lowest BCUT2D eigenvalue weighted by molar-refractivity contribution is 0.492. The van der Waals surface area contributed by atoms with Gasteiger partial charge < -0.3 is 5.73 Å². The Morgan fingerprint density at radius 3 is 2.63 bits per heavy atom. The lowest BCUT2D eigenvalue weighted by Gasteiger charge is -2.13. The van der Waals surface area contributed by atoms with E-state index in [-0.39, 0.29) is 4.90 Å². The molecule has 1 aliphatic rings. The predicted octanol–water partition coefficient (Wildman–Crippen LogP) is 2.56. The summed E-state index contributed by atoms with van der Waals surface area (Å²) >= 11 is 5.98. The van der Waals surface area contributed by atoms with Crippen LogP contribution in [0.1, 0.15) is 25.3 Å². The van der Waals surface area contributed by atoms with E-state index in [1.165, 1.54) is 25.0 Å². The first-order chi connectivity index (χ1) is 8.81. The fourth-order valence-electron chi connectivity index (χ4n) is 1.99. The van der Waals surface area contributed by atoms with Gasteiger partial charge in [0, 0.05) is 17.3 Å². The van der Waals surface area contributed by atoms with E-state index in [1.807, 2.05) is 0 Å². The molecule has 0 aliphatic heterocycles. The van der Waals surface area contributed by atoms with Crippen molar-refractivity contribution in [3.63, 3.8) is 0 Å². The average Bonchev–Trinajstić information content (AvgIpc) is 3.16. The Balaban J connectivity index is 2.14. The van der Waals surface area contributed by atoms with Gasteiger partial charge in [0.25, 0.3) is 0 Å². The Morgan fingerprint density at radius 1 is 1.47 bits per heavy atom. The number of hydrogen-bond donors (Lipinski definition) is 2. The molecule has 1 atom stereocenters. The van der Waals surface area contributed by atoms with Crippen LogP contribution in [-0.2, 0) is 10.0 Å². The van der Waals surface area contributed by atoms with Crippen molar-refractivity contribution in [1.29, 1.82) is 0 Å². The summed E-state index contributed by atoms with van der Waals surface area (Å²) in [7, 11) is -3.54. The Morgan fingerprint density at radius 2 is 2.11 bits per heavy atom. The molecule has 0 heterocycles. The van der Waals surface area contributed by atoms with Crippen LogP contribution >= 0.6 is 11.6 Å². The molecule has 1 aliphatic carbocycles. The minimum Gasteiger partial charge on any atom is -0.398 e. The highest BCUT2D eigenvalue weighted by Gasteiger charge is 2.29. The monoisotopic (exact) mass is 302 g/mol. The van der Waals surface area contributed by atoms with Crippen LogP contribution in [0.2, 0.25) is 5.02 Å². The molecule has 0 radical (unpaired) electrons. The van der Waals surface area contributed by atoms with Crippen LogP contribution in [0.3, 0.4) is 0 Å². The Kier molecular flexibility index (Phi) is 4.08. The molecule has 1 aromatic rings. The molecule has 0 aromatic heterocycles. The Hall–Kier alpha value is -0.780. The zero-order chi connectivity index (χ0) is 14.2. The number of sulfonamides is 1. The van der Waals surface area contributed by atoms with Crippen molar-refractivity contribution in [2.24, 2.45) is 11.8 Å². The molecule has 2 rings (SSSR count). The number of halogens is 1. The van der Waals surface area contributed by atoms with E-state index >= 15 is 0 Å². The van der Waals surface area contributed by atoms with Gasteiger partial charge in [-0.15, -0.1) is 0 Å². The molecular weight excluding hydrogens is 284 g/mol. The van der Waals surface area contributed by atoms with Crippen molar-refractivity contribution >= 4 is 27.3 Å². The summed E-state index contributed by atoms with van der Waals surface area (Å²) in [5.41, 5.74) is 6.85. The van der Waals surface area contributed by atoms with Gasteiger partial charge in [-0.05, 0) is 49.3 Å². The third kappa shape index (κ3) is 3.41. The van der Waals surface area contributed by atoms with Crippen molar-refractivity contribution in [3.8, 4) is 0 Å². The summed E-state index contributed by atoms with van der Waals surface area (Å²) < 4.78 is 27.0. The van der Waals surface area contributed by atoms with E-state index in [0.717, 1.165) is 0 Å². The minimum absolute atomic E-state index is 0.128. The third-order valence-corrected chi connectivity index (χ3v) is 5.49. The molecule has 1 saturated carbocycles. The smallest absolute Gasteiger partial charge is 0.240 e. The SMILES string of the molecule is Cc1c(N)cc(S(=O)(=O)NCC(C)C2CC2)cc1Cl. The fraction of sp³-hybridized carbons (Fsp3) is 0.538. The van der Waals surface area contributed by atoms with Gasteiger partial charge in [-0.1, -0.05) is 18.5 Å². The van der Waals surface area contributed by atoms with Crippen LogP contribution in [-0.4, -0.2) is 15.0 Å². The van der Waals surface area contributed by atoms with Gasteiger partial charge in [-0.3, -0.25) is 0 Å². The summed E-state index contributed by atoms with van der Waals surface area (Å²) in [4.78, 5) is 0.128. The van der Waals surface area contributed by atoms with Gasteiger partial charge in [0.2, 0.25) is 10.0 Å². The van der Waals surface area contributed by atoms with Gasteiger partial charge in [-0.2, -0.15) is 0 Å². The van der Waals surface area contributed by atoms with Crippen LogP contribution in [0, 0.1) is 18.8 Å². The lowest BCUT2D eigenvalue weighted by Crippen LogP contribution is -2.29. The van der Waals surface area contributed by atoms with E-state index in [0.29, 0.717) is 34.7 Å². The highest BCUT2D eigenvalue weighted by Crippen LogP contribution is 2.36. The number of anilines is 1. The molecule has 1 fully saturated rings. The highest BCUT2D eigenvalue weighted by molar-refractivity contribution is 7.89. The maximum atomic E-state index is 12.2.